The van der Waals surface area contributed by atoms with Gasteiger partial charge in [0, 0.05) is 19.0 Å². The summed E-state index contributed by atoms with van der Waals surface area (Å²) in [6.07, 6.45) is 6.12. The molecule has 0 aromatic rings. The van der Waals surface area contributed by atoms with Crippen molar-refractivity contribution in [2.75, 3.05) is 6.54 Å². The molecule has 4 nitrogen and oxygen atoms in total. The van der Waals surface area contributed by atoms with Crippen molar-refractivity contribution >= 4 is 11.9 Å². The van der Waals surface area contributed by atoms with Crippen LogP contribution in [0.1, 0.15) is 72.6 Å². The van der Waals surface area contributed by atoms with Crippen molar-refractivity contribution < 1.29 is 14.3 Å². The Hall–Kier alpha value is -1.06. The van der Waals surface area contributed by atoms with E-state index in [4.69, 9.17) is 4.74 Å². The Morgan fingerprint density at radius 1 is 1.35 bits per heavy atom. The molecule has 1 atom stereocenters. The zero-order valence-electron chi connectivity index (χ0n) is 13.4. The number of carbonyl (C=O) groups is 2. The summed E-state index contributed by atoms with van der Waals surface area (Å²) in [5.41, 5.74) is -0.458. The molecule has 0 aromatic heterocycles. The Bertz CT molecular complexity index is 333. The van der Waals surface area contributed by atoms with Gasteiger partial charge in [0.25, 0.3) is 0 Å². The third-order valence-corrected chi connectivity index (χ3v) is 3.51. The number of likely N-dealkylation sites (tertiary alicyclic amines) is 1. The van der Waals surface area contributed by atoms with Gasteiger partial charge in [0.1, 0.15) is 5.60 Å². The first-order valence-electron chi connectivity index (χ1n) is 7.85. The lowest BCUT2D eigenvalue weighted by Crippen LogP contribution is -2.39. The van der Waals surface area contributed by atoms with Gasteiger partial charge in [-0.15, -0.1) is 0 Å². The van der Waals surface area contributed by atoms with Gasteiger partial charge in [0.05, 0.1) is 6.42 Å². The van der Waals surface area contributed by atoms with Gasteiger partial charge in [-0.1, -0.05) is 26.2 Å². The van der Waals surface area contributed by atoms with Gasteiger partial charge in [-0.25, -0.2) is 0 Å². The first-order chi connectivity index (χ1) is 9.33. The molecule has 0 bridgehead atoms. The van der Waals surface area contributed by atoms with Crippen LogP contribution in [0.5, 0.6) is 0 Å². The van der Waals surface area contributed by atoms with Crippen LogP contribution in [0.25, 0.3) is 0 Å². The van der Waals surface area contributed by atoms with Crippen LogP contribution in [0.4, 0.5) is 0 Å². The lowest BCUT2D eigenvalue weighted by molar-refractivity contribution is -0.156. The van der Waals surface area contributed by atoms with E-state index in [9.17, 15) is 9.59 Å². The smallest absolute Gasteiger partial charge is 0.308 e. The lowest BCUT2D eigenvalue weighted by Gasteiger charge is -2.28. The molecule has 4 heteroatoms. The van der Waals surface area contributed by atoms with Gasteiger partial charge in [-0.2, -0.15) is 0 Å². The van der Waals surface area contributed by atoms with Gasteiger partial charge < -0.3 is 9.64 Å². The van der Waals surface area contributed by atoms with Crippen molar-refractivity contribution in [1.82, 2.24) is 4.90 Å². The molecule has 0 saturated carbocycles. The van der Waals surface area contributed by atoms with E-state index in [1.165, 1.54) is 0 Å². The van der Waals surface area contributed by atoms with Crippen LogP contribution in [-0.4, -0.2) is 35.0 Å². The van der Waals surface area contributed by atoms with Crippen molar-refractivity contribution in [2.45, 2.75) is 84.3 Å². The average Bonchev–Trinajstić information content (AvgIpc) is 2.72. The molecule has 1 aliphatic rings. The second kappa shape index (κ2) is 7.65. The Balaban J connectivity index is 2.57. The van der Waals surface area contributed by atoms with Crippen LogP contribution < -0.4 is 0 Å². The molecule has 0 unspecified atom stereocenters. The zero-order valence-corrected chi connectivity index (χ0v) is 13.4. The highest BCUT2D eigenvalue weighted by molar-refractivity contribution is 5.79. The van der Waals surface area contributed by atoms with Gasteiger partial charge >= 0.3 is 5.97 Å². The first kappa shape index (κ1) is 17.0. The number of ether oxygens (including phenoxy) is 1. The maximum atomic E-state index is 12.0. The number of carbonyl (C=O) groups excluding carboxylic acids is 2. The summed E-state index contributed by atoms with van der Waals surface area (Å²) in [4.78, 5) is 25.8. The largest absolute Gasteiger partial charge is 0.460 e. The Labute approximate surface area is 122 Å². The summed E-state index contributed by atoms with van der Waals surface area (Å²) >= 11 is 0. The summed E-state index contributed by atoms with van der Waals surface area (Å²) in [7, 11) is 0. The number of rotatable bonds is 7. The van der Waals surface area contributed by atoms with Crippen LogP contribution in [0, 0.1) is 0 Å². The molecule has 1 amide bonds. The number of amides is 1. The molecule has 1 heterocycles. The zero-order chi connectivity index (χ0) is 15.2. The fourth-order valence-electron chi connectivity index (χ4n) is 2.63. The van der Waals surface area contributed by atoms with E-state index < -0.39 is 5.60 Å². The fourth-order valence-corrected chi connectivity index (χ4v) is 2.63. The normalized spacial score (nSPS) is 17.4. The van der Waals surface area contributed by atoms with Gasteiger partial charge in [-0.3, -0.25) is 9.59 Å². The maximum absolute atomic E-state index is 12.0. The van der Waals surface area contributed by atoms with Gasteiger partial charge in [-0.05, 0) is 33.6 Å². The van der Waals surface area contributed by atoms with E-state index in [0.717, 1.165) is 38.6 Å². The molecule has 0 aliphatic carbocycles. The van der Waals surface area contributed by atoms with E-state index >= 15 is 0 Å². The maximum Gasteiger partial charge on any atom is 0.308 e. The van der Waals surface area contributed by atoms with Crippen molar-refractivity contribution in [3.05, 3.63) is 0 Å². The Kier molecular flexibility index (Phi) is 6.50. The minimum atomic E-state index is -0.458. The fraction of sp³-hybridized carbons (Fsp3) is 0.875. The molecule has 1 saturated heterocycles. The van der Waals surface area contributed by atoms with E-state index in [1.54, 1.807) is 0 Å². The van der Waals surface area contributed by atoms with Crippen LogP contribution >= 0.6 is 0 Å². The number of unbranched alkanes of at least 4 members (excludes halogenated alkanes) is 2. The monoisotopic (exact) mass is 283 g/mol. The molecule has 0 aromatic carbocycles. The second-order valence-electron chi connectivity index (χ2n) is 6.63. The van der Waals surface area contributed by atoms with Crippen LogP contribution in [0.2, 0.25) is 0 Å². The minimum Gasteiger partial charge on any atom is -0.460 e. The van der Waals surface area contributed by atoms with Crippen LogP contribution in [0.15, 0.2) is 0 Å². The summed E-state index contributed by atoms with van der Waals surface area (Å²) in [6.45, 7) is 8.57. The number of nitrogens with zero attached hydrogens (tertiary/aromatic N) is 1. The van der Waals surface area contributed by atoms with E-state index in [1.807, 2.05) is 25.7 Å². The summed E-state index contributed by atoms with van der Waals surface area (Å²) in [5, 5.41) is 0. The van der Waals surface area contributed by atoms with Crippen LogP contribution in [-0.2, 0) is 14.3 Å². The Morgan fingerprint density at radius 3 is 2.55 bits per heavy atom. The number of esters is 1. The van der Waals surface area contributed by atoms with Crippen molar-refractivity contribution in [2.24, 2.45) is 0 Å². The second-order valence-corrected chi connectivity index (χ2v) is 6.63. The van der Waals surface area contributed by atoms with E-state index in [0.29, 0.717) is 12.8 Å². The molecule has 20 heavy (non-hydrogen) atoms. The van der Waals surface area contributed by atoms with Gasteiger partial charge in [0.15, 0.2) is 0 Å². The molecule has 1 rings (SSSR count). The van der Waals surface area contributed by atoms with Crippen molar-refractivity contribution in [3.8, 4) is 0 Å². The predicted molar refractivity (Wildman–Crippen MR) is 79.3 cm³/mol. The third-order valence-electron chi connectivity index (χ3n) is 3.51. The number of hydrogen-bond acceptors (Lipinski definition) is 3. The van der Waals surface area contributed by atoms with E-state index in [-0.39, 0.29) is 17.9 Å². The standard InChI is InChI=1S/C16H29NO3/c1-5-6-7-9-13(17-11-8-10-14(17)18)12-15(19)20-16(2,3)4/h13H,5-12H2,1-4H3/t13-/m0/s1. The first-order valence-corrected chi connectivity index (χ1v) is 7.85. The van der Waals surface area contributed by atoms with Gasteiger partial charge in [0.2, 0.25) is 5.91 Å². The molecule has 1 fully saturated rings. The quantitative estimate of drug-likeness (QED) is 0.532. The summed E-state index contributed by atoms with van der Waals surface area (Å²) < 4.78 is 5.39. The SMILES string of the molecule is CCCCC[C@@H](CC(=O)OC(C)(C)C)N1CCCC1=O. The molecule has 0 radical (unpaired) electrons. The summed E-state index contributed by atoms with van der Waals surface area (Å²) in [6, 6.07) is 0.0198. The molecular weight excluding hydrogens is 254 g/mol. The highest BCUT2D eigenvalue weighted by Gasteiger charge is 2.30. The minimum absolute atomic E-state index is 0.0198. The third kappa shape index (κ3) is 5.93. The van der Waals surface area contributed by atoms with E-state index in [2.05, 4.69) is 6.92 Å². The highest BCUT2D eigenvalue weighted by atomic mass is 16.6. The average molecular weight is 283 g/mol. The van der Waals surface area contributed by atoms with Crippen molar-refractivity contribution in [1.29, 1.82) is 0 Å². The predicted octanol–water partition coefficient (Wildman–Crippen LogP) is 3.29. The summed E-state index contributed by atoms with van der Waals surface area (Å²) in [5.74, 6) is -0.00578. The highest BCUT2D eigenvalue weighted by Crippen LogP contribution is 2.22. The molecule has 1 aliphatic heterocycles. The van der Waals surface area contributed by atoms with Crippen LogP contribution in [0.3, 0.4) is 0 Å². The molecule has 0 N–H and O–H groups in total. The van der Waals surface area contributed by atoms with Crippen molar-refractivity contribution in [3.63, 3.8) is 0 Å². The topological polar surface area (TPSA) is 46.6 Å². The number of hydrogen-bond donors (Lipinski definition) is 0. The molecular formula is C16H29NO3. The Morgan fingerprint density at radius 2 is 2.05 bits per heavy atom. The lowest BCUT2D eigenvalue weighted by atomic mass is 10.0. The molecule has 116 valence electrons. The molecule has 0 spiro atoms.